The predicted octanol–water partition coefficient (Wildman–Crippen LogP) is 2.93. The normalized spacial score (nSPS) is 20.5. The number of methoxy groups -OCH3 is 1. The van der Waals surface area contributed by atoms with Gasteiger partial charge in [0.1, 0.15) is 11.6 Å². The second-order valence-electron chi connectivity index (χ2n) is 8.81. The first-order valence-corrected chi connectivity index (χ1v) is 12.1. The van der Waals surface area contributed by atoms with Crippen LogP contribution >= 0.6 is 0 Å². The minimum absolute atomic E-state index is 0.0333. The van der Waals surface area contributed by atoms with E-state index in [4.69, 9.17) is 9.47 Å². The number of amides is 2. The number of morpholine rings is 1. The number of ether oxygens (including phenoxy) is 2. The molecule has 2 aliphatic rings. The number of benzene rings is 1. The lowest BCUT2D eigenvalue weighted by atomic mass is 9.92. The molecule has 2 atom stereocenters. The Bertz CT molecular complexity index is 958. The van der Waals surface area contributed by atoms with Gasteiger partial charge in [-0.2, -0.15) is 0 Å². The summed E-state index contributed by atoms with van der Waals surface area (Å²) in [5, 5.41) is 3.04. The zero-order valence-corrected chi connectivity index (χ0v) is 20.0. The van der Waals surface area contributed by atoms with Crippen molar-refractivity contribution in [2.75, 3.05) is 44.9 Å². The third kappa shape index (κ3) is 5.50. The quantitative estimate of drug-likeness (QED) is 0.612. The molecule has 1 aromatic heterocycles. The van der Waals surface area contributed by atoms with Crippen molar-refractivity contribution in [1.82, 2.24) is 15.2 Å². The molecule has 182 valence electrons. The van der Waals surface area contributed by atoms with Gasteiger partial charge in [-0.1, -0.05) is 31.5 Å². The summed E-state index contributed by atoms with van der Waals surface area (Å²) in [6.07, 6.45) is 3.93. The van der Waals surface area contributed by atoms with Crippen LogP contribution in [0.5, 0.6) is 5.75 Å². The summed E-state index contributed by atoms with van der Waals surface area (Å²) in [5.41, 5.74) is 1.89. The van der Waals surface area contributed by atoms with Crippen LogP contribution in [0.2, 0.25) is 0 Å². The monoisotopic (exact) mass is 466 g/mol. The van der Waals surface area contributed by atoms with Crippen LogP contribution in [0.1, 0.15) is 43.4 Å². The SMILES string of the molecule is CCCCN1C(=O)CC(C(=O)NCc2ccc(N3CCOCC3)nc2)C1c1ccc(OC)cc1. The van der Waals surface area contributed by atoms with Crippen molar-refractivity contribution < 1.29 is 19.1 Å². The standard InChI is InChI=1S/C26H34N4O4/c1-3-4-11-30-24(31)16-22(25(30)20-6-8-21(33-2)9-7-20)26(32)28-18-19-5-10-23(27-17-19)29-12-14-34-15-13-29/h5-10,17,22,25H,3-4,11-16,18H2,1-2H3,(H,28,32). The number of hydrogen-bond donors (Lipinski definition) is 1. The fourth-order valence-electron chi connectivity index (χ4n) is 4.65. The molecule has 2 saturated heterocycles. The van der Waals surface area contributed by atoms with Gasteiger partial charge in [0, 0.05) is 38.8 Å². The largest absolute Gasteiger partial charge is 0.497 e. The maximum Gasteiger partial charge on any atom is 0.226 e. The summed E-state index contributed by atoms with van der Waals surface area (Å²) in [5.74, 6) is 1.17. The number of pyridine rings is 1. The van der Waals surface area contributed by atoms with Crippen LogP contribution in [-0.4, -0.2) is 61.7 Å². The Morgan fingerprint density at radius 1 is 1.18 bits per heavy atom. The van der Waals surface area contributed by atoms with Crippen molar-refractivity contribution in [2.24, 2.45) is 5.92 Å². The molecule has 2 aromatic rings. The molecule has 8 heteroatoms. The maximum atomic E-state index is 13.2. The molecule has 0 saturated carbocycles. The molecule has 1 N–H and O–H groups in total. The zero-order valence-electron chi connectivity index (χ0n) is 20.0. The van der Waals surface area contributed by atoms with E-state index in [1.165, 1.54) is 0 Å². The molecule has 2 fully saturated rings. The highest BCUT2D eigenvalue weighted by atomic mass is 16.5. The van der Waals surface area contributed by atoms with Gasteiger partial charge in [0.15, 0.2) is 0 Å². The second-order valence-corrected chi connectivity index (χ2v) is 8.81. The van der Waals surface area contributed by atoms with Crippen molar-refractivity contribution >= 4 is 17.6 Å². The van der Waals surface area contributed by atoms with Gasteiger partial charge < -0.3 is 24.6 Å². The summed E-state index contributed by atoms with van der Waals surface area (Å²) >= 11 is 0. The lowest BCUT2D eigenvalue weighted by Gasteiger charge is -2.28. The van der Waals surface area contributed by atoms with Crippen LogP contribution in [0.15, 0.2) is 42.6 Å². The van der Waals surface area contributed by atoms with Gasteiger partial charge in [-0.05, 0) is 35.7 Å². The second kappa shape index (κ2) is 11.3. The molecule has 0 bridgehead atoms. The fraction of sp³-hybridized carbons (Fsp3) is 0.500. The molecule has 3 heterocycles. The van der Waals surface area contributed by atoms with Gasteiger partial charge in [-0.15, -0.1) is 0 Å². The summed E-state index contributed by atoms with van der Waals surface area (Å²) in [6, 6.07) is 11.4. The summed E-state index contributed by atoms with van der Waals surface area (Å²) in [4.78, 5) is 34.7. The van der Waals surface area contributed by atoms with Crippen LogP contribution in [0.4, 0.5) is 5.82 Å². The van der Waals surface area contributed by atoms with Gasteiger partial charge in [-0.25, -0.2) is 4.98 Å². The highest BCUT2D eigenvalue weighted by Crippen LogP contribution is 2.39. The summed E-state index contributed by atoms with van der Waals surface area (Å²) in [6.45, 7) is 6.23. The number of carbonyl (C=O) groups excluding carboxylic acids is 2. The Morgan fingerprint density at radius 3 is 2.59 bits per heavy atom. The highest BCUT2D eigenvalue weighted by Gasteiger charge is 2.44. The van der Waals surface area contributed by atoms with Crippen LogP contribution < -0.4 is 15.0 Å². The molecule has 1 aromatic carbocycles. The summed E-state index contributed by atoms with van der Waals surface area (Å²) in [7, 11) is 1.63. The molecule has 4 rings (SSSR count). The van der Waals surface area contributed by atoms with Gasteiger partial charge in [-0.3, -0.25) is 9.59 Å². The van der Waals surface area contributed by atoms with Gasteiger partial charge >= 0.3 is 0 Å². The maximum absolute atomic E-state index is 13.2. The van der Waals surface area contributed by atoms with E-state index in [1.54, 1.807) is 13.3 Å². The summed E-state index contributed by atoms with van der Waals surface area (Å²) < 4.78 is 10.7. The van der Waals surface area contributed by atoms with Crippen molar-refractivity contribution in [1.29, 1.82) is 0 Å². The minimum atomic E-state index is -0.432. The first-order valence-electron chi connectivity index (χ1n) is 12.1. The fourth-order valence-corrected chi connectivity index (χ4v) is 4.65. The third-order valence-corrected chi connectivity index (χ3v) is 6.59. The van der Waals surface area contributed by atoms with E-state index in [2.05, 4.69) is 22.1 Å². The molecular weight excluding hydrogens is 432 g/mol. The third-order valence-electron chi connectivity index (χ3n) is 6.59. The van der Waals surface area contributed by atoms with Gasteiger partial charge in [0.25, 0.3) is 0 Å². The molecule has 2 unspecified atom stereocenters. The predicted molar refractivity (Wildman–Crippen MR) is 130 cm³/mol. The number of hydrogen-bond acceptors (Lipinski definition) is 6. The number of nitrogens with one attached hydrogen (secondary N) is 1. The lowest BCUT2D eigenvalue weighted by molar-refractivity contribution is -0.129. The minimum Gasteiger partial charge on any atom is -0.497 e. The molecule has 34 heavy (non-hydrogen) atoms. The first kappa shape index (κ1) is 24.0. The molecule has 2 amide bonds. The molecule has 8 nitrogen and oxygen atoms in total. The van der Waals surface area contributed by atoms with Crippen molar-refractivity contribution in [3.63, 3.8) is 0 Å². The molecule has 2 aliphatic heterocycles. The zero-order chi connectivity index (χ0) is 23.9. The molecular formula is C26H34N4O4. The van der Waals surface area contributed by atoms with Crippen LogP contribution in [0.25, 0.3) is 0 Å². The topological polar surface area (TPSA) is 84.0 Å². The molecule has 0 spiro atoms. The number of unbranched alkanes of at least 4 members (excludes halogenated alkanes) is 1. The highest BCUT2D eigenvalue weighted by molar-refractivity contribution is 5.90. The van der Waals surface area contributed by atoms with Crippen LogP contribution in [-0.2, 0) is 20.9 Å². The van der Waals surface area contributed by atoms with Crippen molar-refractivity contribution in [3.05, 3.63) is 53.7 Å². The Hall–Kier alpha value is -3.13. The van der Waals surface area contributed by atoms with Crippen molar-refractivity contribution in [3.8, 4) is 5.75 Å². The van der Waals surface area contributed by atoms with E-state index in [1.807, 2.05) is 41.3 Å². The van der Waals surface area contributed by atoms with E-state index in [0.29, 0.717) is 26.3 Å². The number of carbonyl (C=O) groups is 2. The van der Waals surface area contributed by atoms with E-state index in [-0.39, 0.29) is 24.3 Å². The van der Waals surface area contributed by atoms with Crippen molar-refractivity contribution in [2.45, 2.75) is 38.8 Å². The first-order chi connectivity index (χ1) is 16.6. The van der Waals surface area contributed by atoms with Crippen LogP contribution in [0.3, 0.4) is 0 Å². The Morgan fingerprint density at radius 2 is 1.94 bits per heavy atom. The van der Waals surface area contributed by atoms with Gasteiger partial charge in [0.05, 0.1) is 32.3 Å². The Balaban J connectivity index is 1.43. The number of rotatable bonds is 9. The number of aromatic nitrogens is 1. The lowest BCUT2D eigenvalue weighted by Crippen LogP contribution is -2.37. The number of nitrogens with zero attached hydrogens (tertiary/aromatic N) is 3. The Labute approximate surface area is 201 Å². The average molecular weight is 467 g/mol. The average Bonchev–Trinajstić information content (AvgIpc) is 3.22. The van der Waals surface area contributed by atoms with E-state index >= 15 is 0 Å². The Kier molecular flexibility index (Phi) is 8.00. The van der Waals surface area contributed by atoms with E-state index < -0.39 is 5.92 Å². The molecule has 0 radical (unpaired) electrons. The molecule has 0 aliphatic carbocycles. The van der Waals surface area contributed by atoms with Crippen LogP contribution in [0, 0.1) is 5.92 Å². The number of anilines is 1. The smallest absolute Gasteiger partial charge is 0.226 e. The van der Waals surface area contributed by atoms with E-state index in [0.717, 1.165) is 48.6 Å². The van der Waals surface area contributed by atoms with E-state index in [9.17, 15) is 9.59 Å². The number of likely N-dealkylation sites (tertiary alicyclic amines) is 1. The van der Waals surface area contributed by atoms with Gasteiger partial charge in [0.2, 0.25) is 11.8 Å².